The van der Waals surface area contributed by atoms with Crippen molar-refractivity contribution in [1.82, 2.24) is 20.4 Å². The molecule has 1 fully saturated rings. The molecule has 0 amide bonds. The van der Waals surface area contributed by atoms with Gasteiger partial charge in [-0.2, -0.15) is 0 Å². The van der Waals surface area contributed by atoms with E-state index in [0.717, 1.165) is 30.4 Å². The van der Waals surface area contributed by atoms with Gasteiger partial charge in [-0.25, -0.2) is 0 Å². The molecule has 1 unspecified atom stereocenters. The zero-order valence-electron chi connectivity index (χ0n) is 19.0. The second kappa shape index (κ2) is 15.5. The zero-order chi connectivity index (χ0) is 20.9. The molecule has 1 heterocycles. The molecular formula is C22H40IN5O2. The third kappa shape index (κ3) is 9.70. The van der Waals surface area contributed by atoms with E-state index in [9.17, 15) is 0 Å². The highest BCUT2D eigenvalue weighted by Gasteiger charge is 2.14. The molecular weight excluding hydrogens is 493 g/mol. The Balaban J connectivity index is 0.00000450. The largest absolute Gasteiger partial charge is 0.493 e. The van der Waals surface area contributed by atoms with Crippen LogP contribution in [0.5, 0.6) is 11.5 Å². The first kappa shape index (κ1) is 26.8. The number of piperazine rings is 1. The maximum absolute atomic E-state index is 5.98. The van der Waals surface area contributed by atoms with Gasteiger partial charge in [0.25, 0.3) is 0 Å². The van der Waals surface area contributed by atoms with Crippen molar-refractivity contribution >= 4 is 29.9 Å². The Morgan fingerprint density at radius 2 is 1.73 bits per heavy atom. The van der Waals surface area contributed by atoms with Crippen molar-refractivity contribution in [3.63, 3.8) is 0 Å². The van der Waals surface area contributed by atoms with E-state index < -0.39 is 0 Å². The minimum atomic E-state index is -0.00774. The molecule has 30 heavy (non-hydrogen) atoms. The van der Waals surface area contributed by atoms with Crippen LogP contribution in [0.4, 0.5) is 0 Å². The lowest BCUT2D eigenvalue weighted by Crippen LogP contribution is -2.46. The van der Waals surface area contributed by atoms with Gasteiger partial charge in [0, 0.05) is 39.8 Å². The number of benzene rings is 1. The number of hydrogen-bond acceptors (Lipinski definition) is 5. The molecule has 1 aromatic carbocycles. The lowest BCUT2D eigenvalue weighted by molar-refractivity contribution is 0.136. The normalized spacial score (nSPS) is 16.5. The number of likely N-dealkylation sites (N-methyl/N-ethyl adjacent to an activating group) is 1. The lowest BCUT2D eigenvalue weighted by atomic mass is 10.2. The molecule has 0 spiro atoms. The van der Waals surface area contributed by atoms with Crippen LogP contribution in [0.1, 0.15) is 26.7 Å². The summed E-state index contributed by atoms with van der Waals surface area (Å²) in [6, 6.07) is 7.71. The fraction of sp³-hybridized carbons (Fsp3) is 0.682. The summed E-state index contributed by atoms with van der Waals surface area (Å²) in [6.45, 7) is 13.1. The number of unbranched alkanes of at least 4 members (excludes halogenated alkanes) is 1. The maximum atomic E-state index is 5.98. The second-order valence-electron chi connectivity index (χ2n) is 7.44. The molecule has 7 nitrogen and oxygen atoms in total. The van der Waals surface area contributed by atoms with Crippen LogP contribution >= 0.6 is 24.0 Å². The van der Waals surface area contributed by atoms with Gasteiger partial charge in [-0.1, -0.05) is 19.1 Å². The van der Waals surface area contributed by atoms with Gasteiger partial charge in [-0.3, -0.25) is 4.99 Å². The highest BCUT2D eigenvalue weighted by molar-refractivity contribution is 14.0. The highest BCUT2D eigenvalue weighted by atomic mass is 127. The van der Waals surface area contributed by atoms with Crippen LogP contribution in [-0.4, -0.2) is 88.4 Å². The topological polar surface area (TPSA) is 61.4 Å². The number of halogens is 1. The third-order valence-corrected chi connectivity index (χ3v) is 5.28. The van der Waals surface area contributed by atoms with Crippen molar-refractivity contribution < 1.29 is 9.47 Å². The number of rotatable bonds is 11. The van der Waals surface area contributed by atoms with Crippen molar-refractivity contribution in [1.29, 1.82) is 0 Å². The quantitative estimate of drug-likeness (QED) is 0.198. The van der Waals surface area contributed by atoms with Crippen molar-refractivity contribution in [3.05, 3.63) is 24.3 Å². The van der Waals surface area contributed by atoms with E-state index in [-0.39, 0.29) is 30.1 Å². The first-order valence-corrected chi connectivity index (χ1v) is 10.8. The summed E-state index contributed by atoms with van der Waals surface area (Å²) in [5, 5.41) is 6.73. The predicted molar refractivity (Wildman–Crippen MR) is 136 cm³/mol. The number of guanidine groups is 1. The monoisotopic (exact) mass is 533 g/mol. The SMILES string of the molecule is CCN1CCN(CCCCNC(=NC)NCC(C)Oc2ccccc2OC)CC1.I. The molecule has 1 aliphatic heterocycles. The summed E-state index contributed by atoms with van der Waals surface area (Å²) in [6.07, 6.45) is 2.34. The Bertz CT molecular complexity index is 609. The molecule has 1 atom stereocenters. The average molecular weight is 533 g/mol. The van der Waals surface area contributed by atoms with Crippen molar-refractivity contribution in [2.24, 2.45) is 4.99 Å². The minimum absolute atomic E-state index is 0. The summed E-state index contributed by atoms with van der Waals surface area (Å²) < 4.78 is 11.3. The van der Waals surface area contributed by atoms with Crippen LogP contribution in [0, 0.1) is 0 Å². The van der Waals surface area contributed by atoms with Crippen LogP contribution in [0.25, 0.3) is 0 Å². The molecule has 172 valence electrons. The molecule has 1 aromatic rings. The maximum Gasteiger partial charge on any atom is 0.191 e. The Labute approximate surface area is 199 Å². The molecule has 1 aliphatic rings. The fourth-order valence-electron chi connectivity index (χ4n) is 3.43. The van der Waals surface area contributed by atoms with E-state index in [2.05, 4.69) is 32.3 Å². The van der Waals surface area contributed by atoms with E-state index in [1.165, 1.54) is 45.7 Å². The average Bonchev–Trinajstić information content (AvgIpc) is 2.76. The molecule has 0 aliphatic carbocycles. The molecule has 2 N–H and O–H groups in total. The first-order chi connectivity index (χ1) is 14.2. The van der Waals surface area contributed by atoms with E-state index in [1.807, 2.05) is 31.2 Å². The van der Waals surface area contributed by atoms with Crippen LogP contribution in [0.3, 0.4) is 0 Å². The van der Waals surface area contributed by atoms with Gasteiger partial charge in [0.05, 0.1) is 13.7 Å². The summed E-state index contributed by atoms with van der Waals surface area (Å²) in [7, 11) is 3.45. The van der Waals surface area contributed by atoms with E-state index in [4.69, 9.17) is 9.47 Å². The Kier molecular flexibility index (Phi) is 13.9. The number of aliphatic imine (C=N–C) groups is 1. The van der Waals surface area contributed by atoms with Gasteiger partial charge in [-0.05, 0) is 45.0 Å². The van der Waals surface area contributed by atoms with Crippen LogP contribution in [-0.2, 0) is 0 Å². The second-order valence-corrected chi connectivity index (χ2v) is 7.44. The molecule has 0 saturated carbocycles. The smallest absolute Gasteiger partial charge is 0.191 e. The third-order valence-electron chi connectivity index (χ3n) is 5.28. The first-order valence-electron chi connectivity index (χ1n) is 10.8. The zero-order valence-corrected chi connectivity index (χ0v) is 21.4. The number of hydrogen-bond donors (Lipinski definition) is 2. The van der Waals surface area contributed by atoms with Gasteiger partial charge in [0.2, 0.25) is 0 Å². The number of nitrogens with zero attached hydrogens (tertiary/aromatic N) is 3. The Morgan fingerprint density at radius 1 is 1.07 bits per heavy atom. The van der Waals surface area contributed by atoms with E-state index in [1.54, 1.807) is 14.2 Å². The number of para-hydroxylation sites is 2. The predicted octanol–water partition coefficient (Wildman–Crippen LogP) is 2.66. The van der Waals surface area contributed by atoms with Crippen LogP contribution < -0.4 is 20.1 Å². The van der Waals surface area contributed by atoms with Gasteiger partial charge in [0.15, 0.2) is 17.5 Å². The van der Waals surface area contributed by atoms with E-state index >= 15 is 0 Å². The van der Waals surface area contributed by atoms with Crippen molar-refractivity contribution in [2.45, 2.75) is 32.8 Å². The number of ether oxygens (including phenoxy) is 2. The number of nitrogens with one attached hydrogen (secondary N) is 2. The molecule has 1 saturated heterocycles. The fourth-order valence-corrected chi connectivity index (χ4v) is 3.43. The van der Waals surface area contributed by atoms with Gasteiger partial charge in [-0.15, -0.1) is 24.0 Å². The lowest BCUT2D eigenvalue weighted by Gasteiger charge is -2.34. The van der Waals surface area contributed by atoms with Gasteiger partial charge >= 0.3 is 0 Å². The van der Waals surface area contributed by atoms with E-state index in [0.29, 0.717) is 6.54 Å². The standard InChI is InChI=1S/C22H39N5O2.HI/c1-5-26-14-16-27(17-15-26)13-9-8-12-24-22(23-3)25-18-19(2)29-21-11-7-6-10-20(21)28-4;/h6-7,10-11,19H,5,8-9,12-18H2,1-4H3,(H2,23,24,25);1H. The van der Waals surface area contributed by atoms with Crippen LogP contribution in [0.2, 0.25) is 0 Å². The summed E-state index contributed by atoms with van der Waals surface area (Å²) >= 11 is 0. The summed E-state index contributed by atoms with van der Waals surface area (Å²) in [5.74, 6) is 2.32. The minimum Gasteiger partial charge on any atom is -0.493 e. The van der Waals surface area contributed by atoms with Gasteiger partial charge < -0.3 is 29.9 Å². The molecule has 0 aromatic heterocycles. The van der Waals surface area contributed by atoms with Gasteiger partial charge in [0.1, 0.15) is 6.10 Å². The van der Waals surface area contributed by atoms with Crippen molar-refractivity contribution in [2.75, 3.05) is 66.5 Å². The summed E-state index contributed by atoms with van der Waals surface area (Å²) in [5.41, 5.74) is 0. The molecule has 2 rings (SSSR count). The number of methoxy groups -OCH3 is 1. The highest BCUT2D eigenvalue weighted by Crippen LogP contribution is 2.26. The van der Waals surface area contributed by atoms with Crippen LogP contribution in [0.15, 0.2) is 29.3 Å². The Hall–Kier alpha value is -1.26. The molecule has 0 radical (unpaired) electrons. The summed E-state index contributed by atoms with van der Waals surface area (Å²) in [4.78, 5) is 9.40. The van der Waals surface area contributed by atoms with Crippen molar-refractivity contribution in [3.8, 4) is 11.5 Å². The Morgan fingerprint density at radius 3 is 2.37 bits per heavy atom. The molecule has 8 heteroatoms. The molecule has 0 bridgehead atoms.